The summed E-state index contributed by atoms with van der Waals surface area (Å²) in [4.78, 5) is 4.30. The number of rotatable bonds is 3. The number of hydrogen-bond acceptors (Lipinski definition) is 2. The summed E-state index contributed by atoms with van der Waals surface area (Å²) in [6.45, 7) is 3.10. The van der Waals surface area contributed by atoms with Gasteiger partial charge in [-0.1, -0.05) is 6.92 Å². The molecule has 0 amide bonds. The number of nitrogens with zero attached hydrogens (tertiary/aromatic N) is 2. The second-order valence-electron chi connectivity index (χ2n) is 4.18. The largest absolute Gasteiger partial charge is 0.382 e. The fourth-order valence-corrected chi connectivity index (χ4v) is 2.32. The zero-order valence-electron chi connectivity index (χ0n) is 8.74. The van der Waals surface area contributed by atoms with Crippen molar-refractivity contribution in [1.82, 2.24) is 9.55 Å². The van der Waals surface area contributed by atoms with Crippen LogP contribution in [0.1, 0.15) is 44.9 Å². The fourth-order valence-electron chi connectivity index (χ4n) is 2.32. The van der Waals surface area contributed by atoms with Crippen molar-refractivity contribution in [2.45, 2.75) is 51.2 Å². The maximum absolute atomic E-state index is 10.4. The predicted octanol–water partition coefficient (Wildman–Crippen LogP) is 2.05. The summed E-state index contributed by atoms with van der Waals surface area (Å²) in [7, 11) is 0. The third kappa shape index (κ3) is 1.57. The smallest absolute Gasteiger partial charge is 0.140 e. The maximum atomic E-state index is 10.4. The van der Waals surface area contributed by atoms with Crippen molar-refractivity contribution in [3.63, 3.8) is 0 Å². The fraction of sp³-hybridized carbons (Fsp3) is 0.727. The van der Waals surface area contributed by atoms with E-state index in [0.717, 1.165) is 44.5 Å². The Morgan fingerprint density at radius 2 is 2.21 bits per heavy atom. The molecule has 1 aliphatic carbocycles. The third-order valence-corrected chi connectivity index (χ3v) is 3.03. The van der Waals surface area contributed by atoms with Gasteiger partial charge in [0.05, 0.1) is 0 Å². The molecule has 1 saturated carbocycles. The van der Waals surface area contributed by atoms with Crippen molar-refractivity contribution >= 4 is 0 Å². The van der Waals surface area contributed by atoms with Gasteiger partial charge in [-0.05, 0) is 32.1 Å². The summed E-state index contributed by atoms with van der Waals surface area (Å²) in [5.74, 6) is 0.872. The van der Waals surface area contributed by atoms with Crippen LogP contribution >= 0.6 is 0 Å². The molecule has 3 nitrogen and oxygen atoms in total. The molecule has 0 saturated heterocycles. The van der Waals surface area contributed by atoms with Crippen molar-refractivity contribution in [2.75, 3.05) is 0 Å². The molecule has 0 aromatic carbocycles. The minimum atomic E-state index is -0.640. The van der Waals surface area contributed by atoms with E-state index < -0.39 is 5.60 Å². The van der Waals surface area contributed by atoms with E-state index in [1.807, 2.05) is 6.20 Å². The van der Waals surface area contributed by atoms with Crippen LogP contribution in [0.25, 0.3) is 0 Å². The molecule has 1 heterocycles. The molecule has 1 aromatic rings. The van der Waals surface area contributed by atoms with E-state index in [9.17, 15) is 5.11 Å². The summed E-state index contributed by atoms with van der Waals surface area (Å²) in [6.07, 6.45) is 8.82. The molecule has 2 rings (SSSR count). The van der Waals surface area contributed by atoms with Gasteiger partial charge in [0.15, 0.2) is 0 Å². The highest BCUT2D eigenvalue weighted by molar-refractivity contribution is 5.07. The predicted molar refractivity (Wildman–Crippen MR) is 54.9 cm³/mol. The Bertz CT molecular complexity index is 300. The number of aliphatic hydroxyl groups is 1. The number of imidazole rings is 1. The van der Waals surface area contributed by atoms with E-state index in [2.05, 4.69) is 16.5 Å². The Morgan fingerprint density at radius 3 is 2.86 bits per heavy atom. The highest BCUT2D eigenvalue weighted by Gasteiger charge is 2.36. The summed E-state index contributed by atoms with van der Waals surface area (Å²) in [5.41, 5.74) is -0.640. The quantitative estimate of drug-likeness (QED) is 0.799. The van der Waals surface area contributed by atoms with E-state index in [4.69, 9.17) is 0 Å². The zero-order chi connectivity index (χ0) is 10.0. The van der Waals surface area contributed by atoms with Crippen LogP contribution in [0.15, 0.2) is 12.4 Å². The van der Waals surface area contributed by atoms with Gasteiger partial charge < -0.3 is 9.67 Å². The topological polar surface area (TPSA) is 38.0 Å². The molecular formula is C11H18N2O. The highest BCUT2D eigenvalue weighted by Crippen LogP contribution is 2.37. The normalized spacial score (nSPS) is 20.1. The van der Waals surface area contributed by atoms with E-state index in [1.54, 1.807) is 6.20 Å². The number of hydrogen-bond donors (Lipinski definition) is 1. The van der Waals surface area contributed by atoms with Gasteiger partial charge in [-0.3, -0.25) is 0 Å². The molecule has 3 heteroatoms. The summed E-state index contributed by atoms with van der Waals surface area (Å²) in [6, 6.07) is 0. The molecule has 0 aliphatic heterocycles. The minimum Gasteiger partial charge on any atom is -0.382 e. The molecule has 0 unspecified atom stereocenters. The van der Waals surface area contributed by atoms with Crippen molar-refractivity contribution in [3.8, 4) is 0 Å². The molecule has 1 N–H and O–H groups in total. The van der Waals surface area contributed by atoms with Gasteiger partial charge in [0.1, 0.15) is 11.4 Å². The standard InChI is InChI=1S/C11H18N2O/c1-2-8-13-9-7-12-10(13)11(14)5-3-4-6-11/h7,9,14H,2-6,8H2,1H3. The van der Waals surface area contributed by atoms with Crippen LogP contribution in [0.3, 0.4) is 0 Å². The first-order valence-electron chi connectivity index (χ1n) is 5.50. The summed E-state index contributed by atoms with van der Waals surface area (Å²) in [5, 5.41) is 10.4. The molecule has 78 valence electrons. The van der Waals surface area contributed by atoms with Gasteiger partial charge in [-0.25, -0.2) is 4.98 Å². The lowest BCUT2D eigenvalue weighted by molar-refractivity contribution is 0.0314. The van der Waals surface area contributed by atoms with Crippen LogP contribution < -0.4 is 0 Å². The molecule has 14 heavy (non-hydrogen) atoms. The number of aryl methyl sites for hydroxylation is 1. The van der Waals surface area contributed by atoms with Gasteiger partial charge in [-0.15, -0.1) is 0 Å². The third-order valence-electron chi connectivity index (χ3n) is 3.03. The Hall–Kier alpha value is -0.830. The molecule has 0 spiro atoms. The minimum absolute atomic E-state index is 0.640. The van der Waals surface area contributed by atoms with Crippen LogP contribution in [0.4, 0.5) is 0 Å². The second-order valence-corrected chi connectivity index (χ2v) is 4.18. The Labute approximate surface area is 84.8 Å². The van der Waals surface area contributed by atoms with Crippen molar-refractivity contribution in [1.29, 1.82) is 0 Å². The van der Waals surface area contributed by atoms with Gasteiger partial charge in [0.25, 0.3) is 0 Å². The summed E-state index contributed by atoms with van der Waals surface area (Å²) < 4.78 is 2.09. The lowest BCUT2D eigenvalue weighted by Crippen LogP contribution is -2.26. The molecule has 0 radical (unpaired) electrons. The second kappa shape index (κ2) is 3.73. The average molecular weight is 194 g/mol. The van der Waals surface area contributed by atoms with E-state index >= 15 is 0 Å². The first kappa shape index (κ1) is 9.71. The van der Waals surface area contributed by atoms with Crippen molar-refractivity contribution in [2.24, 2.45) is 0 Å². The van der Waals surface area contributed by atoms with Crippen LogP contribution in [0.5, 0.6) is 0 Å². The number of aromatic nitrogens is 2. The van der Waals surface area contributed by atoms with Gasteiger partial charge in [-0.2, -0.15) is 0 Å². The highest BCUT2D eigenvalue weighted by atomic mass is 16.3. The SMILES string of the molecule is CCCn1ccnc1C1(O)CCCC1. The maximum Gasteiger partial charge on any atom is 0.140 e. The Kier molecular flexibility index (Phi) is 2.59. The van der Waals surface area contributed by atoms with E-state index in [0.29, 0.717) is 0 Å². The molecule has 0 atom stereocenters. The Morgan fingerprint density at radius 1 is 1.50 bits per heavy atom. The van der Waals surface area contributed by atoms with E-state index in [-0.39, 0.29) is 0 Å². The molecule has 1 aliphatic rings. The Balaban J connectivity index is 2.25. The van der Waals surface area contributed by atoms with Gasteiger partial charge >= 0.3 is 0 Å². The van der Waals surface area contributed by atoms with E-state index in [1.165, 1.54) is 0 Å². The van der Waals surface area contributed by atoms with Gasteiger partial charge in [0, 0.05) is 18.9 Å². The first-order chi connectivity index (χ1) is 6.76. The van der Waals surface area contributed by atoms with Gasteiger partial charge in [0.2, 0.25) is 0 Å². The first-order valence-corrected chi connectivity index (χ1v) is 5.50. The summed E-state index contributed by atoms with van der Waals surface area (Å²) >= 11 is 0. The van der Waals surface area contributed by atoms with Crippen LogP contribution in [-0.2, 0) is 12.1 Å². The lowest BCUT2D eigenvalue weighted by atomic mass is 10.0. The molecular weight excluding hydrogens is 176 g/mol. The average Bonchev–Trinajstić information content (AvgIpc) is 2.75. The lowest BCUT2D eigenvalue weighted by Gasteiger charge is -2.22. The molecule has 1 aromatic heterocycles. The monoisotopic (exact) mass is 194 g/mol. The van der Waals surface area contributed by atoms with Crippen LogP contribution in [-0.4, -0.2) is 14.7 Å². The van der Waals surface area contributed by atoms with Crippen LogP contribution in [0.2, 0.25) is 0 Å². The zero-order valence-corrected chi connectivity index (χ0v) is 8.74. The van der Waals surface area contributed by atoms with Crippen molar-refractivity contribution < 1.29 is 5.11 Å². The molecule has 0 bridgehead atoms. The van der Waals surface area contributed by atoms with Crippen LogP contribution in [0, 0.1) is 0 Å². The molecule has 1 fully saturated rings. The van der Waals surface area contributed by atoms with Crippen molar-refractivity contribution in [3.05, 3.63) is 18.2 Å².